The lowest BCUT2D eigenvalue weighted by Crippen LogP contribution is -2.08. The molecule has 1 rings (SSSR count). The standard InChI is InChI=1S/C10H10F2O3/c1-15-10(14)5-9(13)6-2-7(11)4-8(12)3-6/h2-4,9,13H,5H2,1H3. The van der Waals surface area contributed by atoms with E-state index in [-0.39, 0.29) is 12.0 Å². The molecule has 0 fully saturated rings. The molecule has 0 saturated carbocycles. The first kappa shape index (κ1) is 11.6. The zero-order valence-electron chi connectivity index (χ0n) is 8.04. The zero-order chi connectivity index (χ0) is 11.4. The molecule has 82 valence electrons. The van der Waals surface area contributed by atoms with Crippen molar-refractivity contribution in [2.45, 2.75) is 12.5 Å². The van der Waals surface area contributed by atoms with Gasteiger partial charge >= 0.3 is 5.97 Å². The quantitative estimate of drug-likeness (QED) is 0.780. The highest BCUT2D eigenvalue weighted by atomic mass is 19.1. The number of ether oxygens (including phenoxy) is 1. The number of halogens is 2. The van der Waals surface area contributed by atoms with Gasteiger partial charge in [0.15, 0.2) is 0 Å². The highest BCUT2D eigenvalue weighted by molar-refractivity contribution is 5.70. The minimum absolute atomic E-state index is 0.0119. The average molecular weight is 216 g/mol. The van der Waals surface area contributed by atoms with E-state index in [0.717, 1.165) is 12.1 Å². The lowest BCUT2D eigenvalue weighted by atomic mass is 10.1. The molecule has 1 N–H and O–H groups in total. The molecule has 0 aliphatic carbocycles. The van der Waals surface area contributed by atoms with E-state index in [4.69, 9.17) is 0 Å². The van der Waals surface area contributed by atoms with Gasteiger partial charge in [-0.2, -0.15) is 0 Å². The van der Waals surface area contributed by atoms with Gasteiger partial charge in [0.2, 0.25) is 0 Å². The van der Waals surface area contributed by atoms with Gasteiger partial charge < -0.3 is 9.84 Å². The Morgan fingerprint density at radius 3 is 2.40 bits per heavy atom. The summed E-state index contributed by atoms with van der Waals surface area (Å²) in [7, 11) is 1.17. The van der Waals surface area contributed by atoms with E-state index in [9.17, 15) is 18.7 Å². The molecular formula is C10H10F2O3. The molecular weight excluding hydrogens is 206 g/mol. The van der Waals surface area contributed by atoms with Crippen LogP contribution in [0.1, 0.15) is 18.1 Å². The van der Waals surface area contributed by atoms with Crippen molar-refractivity contribution in [1.29, 1.82) is 0 Å². The summed E-state index contributed by atoms with van der Waals surface area (Å²) in [6.07, 6.45) is -1.60. The molecule has 1 unspecified atom stereocenters. The molecule has 0 radical (unpaired) electrons. The molecule has 0 heterocycles. The van der Waals surface area contributed by atoms with E-state index in [2.05, 4.69) is 4.74 Å². The van der Waals surface area contributed by atoms with Crippen LogP contribution in [-0.4, -0.2) is 18.2 Å². The second-order valence-corrected chi connectivity index (χ2v) is 3.00. The van der Waals surface area contributed by atoms with Crippen molar-refractivity contribution < 1.29 is 23.4 Å². The van der Waals surface area contributed by atoms with Gasteiger partial charge in [0, 0.05) is 6.07 Å². The maximum Gasteiger partial charge on any atom is 0.308 e. The van der Waals surface area contributed by atoms with Crippen LogP contribution >= 0.6 is 0 Å². The van der Waals surface area contributed by atoms with E-state index >= 15 is 0 Å². The van der Waals surface area contributed by atoms with Gasteiger partial charge in [-0.05, 0) is 17.7 Å². The minimum atomic E-state index is -1.26. The van der Waals surface area contributed by atoms with E-state index in [1.54, 1.807) is 0 Å². The summed E-state index contributed by atoms with van der Waals surface area (Å²) in [6.45, 7) is 0. The van der Waals surface area contributed by atoms with Crippen molar-refractivity contribution >= 4 is 5.97 Å². The first-order valence-corrected chi connectivity index (χ1v) is 4.24. The molecule has 0 amide bonds. The topological polar surface area (TPSA) is 46.5 Å². The molecule has 1 aromatic carbocycles. The lowest BCUT2D eigenvalue weighted by Gasteiger charge is -2.09. The highest BCUT2D eigenvalue weighted by Gasteiger charge is 2.14. The number of carbonyl (C=O) groups excluding carboxylic acids is 1. The Hall–Kier alpha value is -1.49. The SMILES string of the molecule is COC(=O)CC(O)c1cc(F)cc(F)c1. The normalized spacial score (nSPS) is 12.3. The number of esters is 1. The summed E-state index contributed by atoms with van der Waals surface area (Å²) in [6, 6.07) is 2.63. The Balaban J connectivity index is 2.81. The third kappa shape index (κ3) is 3.28. The number of hydrogen-bond donors (Lipinski definition) is 1. The van der Waals surface area contributed by atoms with Crippen LogP contribution in [0.25, 0.3) is 0 Å². The van der Waals surface area contributed by atoms with Crippen LogP contribution in [0, 0.1) is 11.6 Å². The maximum atomic E-state index is 12.7. The molecule has 0 saturated heterocycles. The summed E-state index contributed by atoms with van der Waals surface area (Å²) < 4.78 is 29.8. The Morgan fingerprint density at radius 1 is 1.40 bits per heavy atom. The van der Waals surface area contributed by atoms with E-state index in [1.165, 1.54) is 7.11 Å². The highest BCUT2D eigenvalue weighted by Crippen LogP contribution is 2.19. The predicted molar refractivity (Wildman–Crippen MR) is 48.0 cm³/mol. The summed E-state index contributed by atoms with van der Waals surface area (Å²) in [5, 5.41) is 9.44. The third-order valence-electron chi connectivity index (χ3n) is 1.86. The smallest absolute Gasteiger partial charge is 0.308 e. The van der Waals surface area contributed by atoms with Gasteiger partial charge in [-0.15, -0.1) is 0 Å². The minimum Gasteiger partial charge on any atom is -0.469 e. The van der Waals surface area contributed by atoms with Gasteiger partial charge in [0.05, 0.1) is 19.6 Å². The molecule has 0 aromatic heterocycles. The fourth-order valence-electron chi connectivity index (χ4n) is 1.13. The number of aliphatic hydroxyl groups is 1. The Bertz CT molecular complexity index is 345. The second kappa shape index (κ2) is 4.84. The molecule has 0 spiro atoms. The first-order valence-electron chi connectivity index (χ1n) is 4.24. The van der Waals surface area contributed by atoms with Crippen molar-refractivity contribution in [1.82, 2.24) is 0 Å². The number of carbonyl (C=O) groups is 1. The molecule has 1 aromatic rings. The maximum absolute atomic E-state index is 12.7. The molecule has 3 nitrogen and oxygen atoms in total. The summed E-state index contributed by atoms with van der Waals surface area (Å²) in [4.78, 5) is 10.8. The summed E-state index contributed by atoms with van der Waals surface area (Å²) in [5.41, 5.74) is 0.0119. The number of rotatable bonds is 3. The van der Waals surface area contributed by atoms with Gasteiger partial charge in [-0.25, -0.2) is 8.78 Å². The van der Waals surface area contributed by atoms with Crippen molar-refractivity contribution in [3.63, 3.8) is 0 Å². The lowest BCUT2D eigenvalue weighted by molar-refractivity contribution is -0.142. The van der Waals surface area contributed by atoms with Gasteiger partial charge in [-0.3, -0.25) is 4.79 Å². The Kier molecular flexibility index (Phi) is 3.74. The van der Waals surface area contributed by atoms with Crippen LogP contribution in [0.5, 0.6) is 0 Å². The van der Waals surface area contributed by atoms with E-state index in [0.29, 0.717) is 6.07 Å². The van der Waals surface area contributed by atoms with Gasteiger partial charge in [0.1, 0.15) is 11.6 Å². The van der Waals surface area contributed by atoms with Crippen molar-refractivity contribution in [2.75, 3.05) is 7.11 Å². The van der Waals surface area contributed by atoms with E-state index < -0.39 is 23.7 Å². The predicted octanol–water partition coefficient (Wildman–Crippen LogP) is 1.56. The monoisotopic (exact) mass is 216 g/mol. The third-order valence-corrected chi connectivity index (χ3v) is 1.86. The first-order chi connectivity index (χ1) is 7.02. The molecule has 0 bridgehead atoms. The second-order valence-electron chi connectivity index (χ2n) is 3.00. The Labute approximate surface area is 85.3 Å². The number of aliphatic hydroxyl groups excluding tert-OH is 1. The fourth-order valence-corrected chi connectivity index (χ4v) is 1.13. The number of methoxy groups -OCH3 is 1. The van der Waals surface area contributed by atoms with Gasteiger partial charge in [-0.1, -0.05) is 0 Å². The number of benzene rings is 1. The summed E-state index contributed by atoms with van der Waals surface area (Å²) >= 11 is 0. The summed E-state index contributed by atoms with van der Waals surface area (Å²) in [5.74, 6) is -2.24. The zero-order valence-corrected chi connectivity index (χ0v) is 8.04. The number of hydrogen-bond acceptors (Lipinski definition) is 3. The van der Waals surface area contributed by atoms with Crippen LogP contribution in [0.4, 0.5) is 8.78 Å². The van der Waals surface area contributed by atoms with Crippen molar-refractivity contribution in [2.24, 2.45) is 0 Å². The average Bonchev–Trinajstić information content (AvgIpc) is 2.16. The van der Waals surface area contributed by atoms with E-state index in [1.807, 2.05) is 0 Å². The van der Waals surface area contributed by atoms with Crippen LogP contribution in [-0.2, 0) is 9.53 Å². The molecule has 15 heavy (non-hydrogen) atoms. The van der Waals surface area contributed by atoms with Crippen molar-refractivity contribution in [3.8, 4) is 0 Å². The van der Waals surface area contributed by atoms with Crippen LogP contribution in [0.3, 0.4) is 0 Å². The van der Waals surface area contributed by atoms with Crippen LogP contribution < -0.4 is 0 Å². The molecule has 5 heteroatoms. The molecule has 1 atom stereocenters. The van der Waals surface area contributed by atoms with Crippen LogP contribution in [0.15, 0.2) is 18.2 Å². The molecule has 0 aliphatic heterocycles. The van der Waals surface area contributed by atoms with Crippen LogP contribution in [0.2, 0.25) is 0 Å². The Morgan fingerprint density at radius 2 is 1.93 bits per heavy atom. The molecule has 0 aliphatic rings. The fraction of sp³-hybridized carbons (Fsp3) is 0.300. The van der Waals surface area contributed by atoms with Gasteiger partial charge in [0.25, 0.3) is 0 Å². The van der Waals surface area contributed by atoms with Crippen molar-refractivity contribution in [3.05, 3.63) is 35.4 Å². The largest absolute Gasteiger partial charge is 0.469 e.